The van der Waals surface area contributed by atoms with Gasteiger partial charge in [0.25, 0.3) is 0 Å². The molecule has 0 aromatic carbocycles. The number of hydrogen-bond acceptors (Lipinski definition) is 3. The summed E-state index contributed by atoms with van der Waals surface area (Å²) in [5.74, 6) is 1.11. The van der Waals surface area contributed by atoms with Crippen LogP contribution in [0.1, 0.15) is 65.7 Å². The van der Waals surface area contributed by atoms with Gasteiger partial charge < -0.3 is 9.84 Å². The minimum absolute atomic E-state index is 0.0277. The normalized spacial score (nSPS) is 31.7. The molecule has 3 nitrogen and oxygen atoms in total. The molecule has 1 N–H and O–H groups in total. The lowest BCUT2D eigenvalue weighted by atomic mass is 9.75. The molecule has 0 heterocycles. The molecule has 0 radical (unpaired) electrons. The fourth-order valence-electron chi connectivity index (χ4n) is 3.73. The molecule has 1 fully saturated rings. The average molecular weight is 294 g/mol. The highest BCUT2D eigenvalue weighted by atomic mass is 16.6. The molecule has 0 amide bonds. The number of allylic oxidation sites excluding steroid dienone is 1. The Morgan fingerprint density at radius 3 is 2.71 bits per heavy atom. The van der Waals surface area contributed by atoms with Gasteiger partial charge in [0.05, 0.1) is 0 Å². The first-order chi connectivity index (χ1) is 9.99. The third-order valence-electron chi connectivity index (χ3n) is 5.13. The second-order valence-electron chi connectivity index (χ2n) is 7.23. The number of rotatable bonds is 4. The predicted molar refractivity (Wildman–Crippen MR) is 83.8 cm³/mol. The number of hydrogen-bond donors (Lipinski definition) is 1. The zero-order chi connectivity index (χ0) is 15.4. The van der Waals surface area contributed by atoms with Crippen LogP contribution in [0, 0.1) is 17.8 Å². The van der Waals surface area contributed by atoms with Crippen molar-refractivity contribution in [2.24, 2.45) is 17.8 Å². The molecule has 0 bridgehead atoms. The third-order valence-corrected chi connectivity index (χ3v) is 5.13. The lowest BCUT2D eigenvalue weighted by molar-refractivity contribution is -0.164. The van der Waals surface area contributed by atoms with Crippen LogP contribution in [0.15, 0.2) is 11.6 Å². The third kappa shape index (κ3) is 4.32. The molecule has 0 aliphatic heterocycles. The van der Waals surface area contributed by atoms with E-state index in [1.165, 1.54) is 6.42 Å². The van der Waals surface area contributed by atoms with Gasteiger partial charge in [-0.15, -0.1) is 0 Å². The summed E-state index contributed by atoms with van der Waals surface area (Å²) in [7, 11) is 0. The Labute approximate surface area is 128 Å². The largest absolute Gasteiger partial charge is 0.460 e. The predicted octanol–water partition coefficient (Wildman–Crippen LogP) is 3.85. The summed E-state index contributed by atoms with van der Waals surface area (Å²) in [6, 6.07) is 0. The Balaban J connectivity index is 1.97. The zero-order valence-electron chi connectivity index (χ0n) is 13.7. The van der Waals surface area contributed by atoms with Crippen molar-refractivity contribution in [2.45, 2.75) is 77.9 Å². The molecule has 0 aromatic heterocycles. The molecule has 2 aliphatic rings. The van der Waals surface area contributed by atoms with Crippen LogP contribution in [-0.4, -0.2) is 23.3 Å². The molecule has 1 saturated carbocycles. The molecule has 2 unspecified atom stereocenters. The number of carbonyl (C=O) groups is 1. The molecule has 0 aromatic rings. The highest BCUT2D eigenvalue weighted by Gasteiger charge is 2.35. The van der Waals surface area contributed by atoms with Gasteiger partial charge >= 0.3 is 5.97 Å². The number of ether oxygens (including phenoxy) is 1. The summed E-state index contributed by atoms with van der Waals surface area (Å²) in [6.45, 7) is 6.61. The molecule has 120 valence electrons. The van der Waals surface area contributed by atoms with Gasteiger partial charge in [-0.05, 0) is 61.9 Å². The van der Waals surface area contributed by atoms with Crippen LogP contribution in [0.25, 0.3) is 0 Å². The summed E-state index contributed by atoms with van der Waals surface area (Å²) in [6.07, 6.45) is 8.21. The van der Waals surface area contributed by atoms with E-state index in [0.717, 1.165) is 44.1 Å². The van der Waals surface area contributed by atoms with Crippen LogP contribution >= 0.6 is 0 Å². The standard InChI is InChI=1S/C18H30O3/c1-12(2)15-10-9-13(3)11-16(15)21-18(20)17(19)14-7-5-4-6-8-14/h7,12-13,15-17,19H,4-6,8-11H2,1-3H3/t13-,15+,16?,17?/m1/s1. The Hall–Kier alpha value is -0.830. The van der Waals surface area contributed by atoms with Crippen LogP contribution < -0.4 is 0 Å². The van der Waals surface area contributed by atoms with Crippen molar-refractivity contribution in [1.82, 2.24) is 0 Å². The Morgan fingerprint density at radius 2 is 2.10 bits per heavy atom. The van der Waals surface area contributed by atoms with Gasteiger partial charge in [-0.25, -0.2) is 4.79 Å². The van der Waals surface area contributed by atoms with Crippen molar-refractivity contribution in [2.75, 3.05) is 0 Å². The lowest BCUT2D eigenvalue weighted by Gasteiger charge is -2.37. The first kappa shape index (κ1) is 16.5. The fourth-order valence-corrected chi connectivity index (χ4v) is 3.73. The van der Waals surface area contributed by atoms with Gasteiger partial charge in [0.2, 0.25) is 0 Å². The molecule has 4 atom stereocenters. The molecule has 21 heavy (non-hydrogen) atoms. The van der Waals surface area contributed by atoms with E-state index in [4.69, 9.17) is 4.74 Å². The van der Waals surface area contributed by atoms with Crippen LogP contribution in [0.4, 0.5) is 0 Å². The molecular formula is C18H30O3. The van der Waals surface area contributed by atoms with Crippen molar-refractivity contribution < 1.29 is 14.6 Å². The van der Waals surface area contributed by atoms with Gasteiger partial charge in [0.15, 0.2) is 6.10 Å². The van der Waals surface area contributed by atoms with E-state index in [0.29, 0.717) is 17.8 Å². The van der Waals surface area contributed by atoms with Gasteiger partial charge in [-0.1, -0.05) is 33.3 Å². The van der Waals surface area contributed by atoms with Crippen LogP contribution in [0.2, 0.25) is 0 Å². The minimum atomic E-state index is -1.05. The van der Waals surface area contributed by atoms with E-state index in [9.17, 15) is 9.90 Å². The maximum absolute atomic E-state index is 12.3. The second-order valence-corrected chi connectivity index (χ2v) is 7.23. The van der Waals surface area contributed by atoms with Crippen molar-refractivity contribution in [3.8, 4) is 0 Å². The van der Waals surface area contributed by atoms with Crippen molar-refractivity contribution >= 4 is 5.97 Å². The molecular weight excluding hydrogens is 264 g/mol. The number of aliphatic hydroxyl groups is 1. The average Bonchev–Trinajstić information content (AvgIpc) is 2.47. The van der Waals surface area contributed by atoms with Gasteiger partial charge in [-0.3, -0.25) is 0 Å². The maximum atomic E-state index is 12.3. The van der Waals surface area contributed by atoms with E-state index in [2.05, 4.69) is 20.8 Å². The molecule has 0 spiro atoms. The monoisotopic (exact) mass is 294 g/mol. The maximum Gasteiger partial charge on any atom is 0.339 e. The van der Waals surface area contributed by atoms with Gasteiger partial charge in [0.1, 0.15) is 6.10 Å². The first-order valence-electron chi connectivity index (χ1n) is 8.56. The number of aliphatic hydroxyl groups excluding tert-OH is 1. The van der Waals surface area contributed by atoms with Crippen molar-refractivity contribution in [1.29, 1.82) is 0 Å². The van der Waals surface area contributed by atoms with E-state index in [-0.39, 0.29) is 6.10 Å². The van der Waals surface area contributed by atoms with Gasteiger partial charge in [-0.2, -0.15) is 0 Å². The second kappa shape index (κ2) is 7.44. The Kier molecular flexibility index (Phi) is 5.86. The summed E-state index contributed by atoms with van der Waals surface area (Å²) in [5, 5.41) is 10.2. The van der Waals surface area contributed by atoms with Crippen molar-refractivity contribution in [3.63, 3.8) is 0 Å². The van der Waals surface area contributed by atoms with E-state index >= 15 is 0 Å². The summed E-state index contributed by atoms with van der Waals surface area (Å²) >= 11 is 0. The lowest BCUT2D eigenvalue weighted by Crippen LogP contribution is -2.39. The van der Waals surface area contributed by atoms with E-state index in [1.807, 2.05) is 6.08 Å². The Morgan fingerprint density at radius 1 is 1.33 bits per heavy atom. The minimum Gasteiger partial charge on any atom is -0.460 e. The number of carbonyl (C=O) groups excluding carboxylic acids is 1. The van der Waals surface area contributed by atoms with Crippen LogP contribution in [-0.2, 0) is 9.53 Å². The molecule has 2 rings (SSSR count). The zero-order valence-corrected chi connectivity index (χ0v) is 13.7. The number of esters is 1. The highest BCUT2D eigenvalue weighted by Crippen LogP contribution is 2.35. The fraction of sp³-hybridized carbons (Fsp3) is 0.833. The van der Waals surface area contributed by atoms with E-state index < -0.39 is 12.1 Å². The topological polar surface area (TPSA) is 46.5 Å². The summed E-state index contributed by atoms with van der Waals surface area (Å²) < 4.78 is 5.72. The quantitative estimate of drug-likeness (QED) is 0.633. The van der Waals surface area contributed by atoms with Crippen LogP contribution in [0.5, 0.6) is 0 Å². The SMILES string of the molecule is CC(C)[C@@H]1CC[C@@H](C)CC1OC(=O)C(O)C1=CCCCC1. The van der Waals surface area contributed by atoms with Gasteiger partial charge in [0, 0.05) is 0 Å². The highest BCUT2D eigenvalue weighted by molar-refractivity contribution is 5.78. The van der Waals surface area contributed by atoms with Crippen LogP contribution in [0.3, 0.4) is 0 Å². The first-order valence-corrected chi connectivity index (χ1v) is 8.56. The molecule has 2 aliphatic carbocycles. The molecule has 3 heteroatoms. The summed E-state index contributed by atoms with van der Waals surface area (Å²) in [4.78, 5) is 12.3. The Bertz CT molecular complexity index is 386. The van der Waals surface area contributed by atoms with Crippen molar-refractivity contribution in [3.05, 3.63) is 11.6 Å². The smallest absolute Gasteiger partial charge is 0.339 e. The molecule has 0 saturated heterocycles. The van der Waals surface area contributed by atoms with E-state index in [1.54, 1.807) is 0 Å². The summed E-state index contributed by atoms with van der Waals surface area (Å²) in [5.41, 5.74) is 0.858.